The fraction of sp³-hybridized carbons (Fsp3) is 0.267. The molecule has 1 unspecified atom stereocenters. The molecule has 1 atom stereocenters. The SMILES string of the molecule is O=C(O)C(c1ccc(Br)c2ccccc12)C1CC1. The van der Waals surface area contributed by atoms with Crippen molar-refractivity contribution in [2.45, 2.75) is 18.8 Å². The van der Waals surface area contributed by atoms with Crippen molar-refractivity contribution in [1.82, 2.24) is 0 Å². The van der Waals surface area contributed by atoms with E-state index in [1.165, 1.54) is 0 Å². The van der Waals surface area contributed by atoms with Crippen LogP contribution in [-0.4, -0.2) is 11.1 Å². The number of hydrogen-bond donors (Lipinski definition) is 1. The molecule has 1 N–H and O–H groups in total. The van der Waals surface area contributed by atoms with Gasteiger partial charge in [0, 0.05) is 4.47 Å². The Morgan fingerprint density at radius 2 is 1.83 bits per heavy atom. The molecular formula is C15H13BrO2. The number of benzene rings is 2. The lowest BCUT2D eigenvalue weighted by molar-refractivity contribution is -0.139. The molecule has 1 aliphatic rings. The van der Waals surface area contributed by atoms with Gasteiger partial charge in [-0.3, -0.25) is 4.79 Å². The minimum absolute atomic E-state index is 0.312. The molecule has 0 bridgehead atoms. The standard InChI is InChI=1S/C15H13BrO2/c16-13-8-7-12(10-3-1-2-4-11(10)13)14(15(17)18)9-5-6-9/h1-4,7-9,14H,5-6H2,(H,17,18). The van der Waals surface area contributed by atoms with Crippen LogP contribution in [0, 0.1) is 5.92 Å². The van der Waals surface area contributed by atoms with Gasteiger partial charge in [0.05, 0.1) is 5.92 Å². The Morgan fingerprint density at radius 3 is 2.44 bits per heavy atom. The third-order valence-electron chi connectivity index (χ3n) is 3.60. The van der Waals surface area contributed by atoms with E-state index >= 15 is 0 Å². The molecule has 0 spiro atoms. The second-order valence-electron chi connectivity index (χ2n) is 4.84. The normalized spacial score (nSPS) is 16.7. The molecule has 1 saturated carbocycles. The third kappa shape index (κ3) is 1.93. The molecule has 0 heterocycles. The van der Waals surface area contributed by atoms with Crippen LogP contribution in [-0.2, 0) is 4.79 Å². The van der Waals surface area contributed by atoms with Gasteiger partial charge in [0.15, 0.2) is 0 Å². The summed E-state index contributed by atoms with van der Waals surface area (Å²) < 4.78 is 1.02. The van der Waals surface area contributed by atoms with Gasteiger partial charge in [0.1, 0.15) is 0 Å². The van der Waals surface area contributed by atoms with Gasteiger partial charge in [0.2, 0.25) is 0 Å². The van der Waals surface area contributed by atoms with Gasteiger partial charge in [0.25, 0.3) is 0 Å². The second-order valence-corrected chi connectivity index (χ2v) is 5.69. The highest BCUT2D eigenvalue weighted by Gasteiger charge is 2.38. The Labute approximate surface area is 114 Å². The number of carboxylic acids is 1. The Balaban J connectivity index is 2.22. The van der Waals surface area contributed by atoms with Crippen molar-refractivity contribution in [2.75, 3.05) is 0 Å². The van der Waals surface area contributed by atoms with Gasteiger partial charge in [-0.15, -0.1) is 0 Å². The van der Waals surface area contributed by atoms with E-state index in [-0.39, 0.29) is 5.92 Å². The zero-order valence-electron chi connectivity index (χ0n) is 9.77. The van der Waals surface area contributed by atoms with Crippen molar-refractivity contribution in [2.24, 2.45) is 5.92 Å². The first-order valence-corrected chi connectivity index (χ1v) is 6.87. The number of aliphatic carboxylic acids is 1. The van der Waals surface area contributed by atoms with E-state index in [9.17, 15) is 9.90 Å². The van der Waals surface area contributed by atoms with Crippen LogP contribution in [0.1, 0.15) is 24.3 Å². The summed E-state index contributed by atoms with van der Waals surface area (Å²) in [4.78, 5) is 11.5. The zero-order valence-corrected chi connectivity index (χ0v) is 11.4. The maximum Gasteiger partial charge on any atom is 0.311 e. The molecule has 1 fully saturated rings. The minimum atomic E-state index is -0.704. The van der Waals surface area contributed by atoms with Gasteiger partial charge in [-0.05, 0) is 41.2 Å². The van der Waals surface area contributed by atoms with Crippen molar-refractivity contribution in [3.05, 3.63) is 46.4 Å². The molecule has 3 heteroatoms. The highest BCUT2D eigenvalue weighted by atomic mass is 79.9. The Kier molecular flexibility index (Phi) is 2.86. The number of fused-ring (bicyclic) bond motifs is 1. The van der Waals surface area contributed by atoms with Gasteiger partial charge < -0.3 is 5.11 Å². The molecule has 0 aliphatic heterocycles. The largest absolute Gasteiger partial charge is 0.481 e. The van der Waals surface area contributed by atoms with Crippen LogP contribution >= 0.6 is 15.9 Å². The lowest BCUT2D eigenvalue weighted by atomic mass is 9.90. The maximum atomic E-state index is 11.5. The number of carbonyl (C=O) groups is 1. The lowest BCUT2D eigenvalue weighted by Crippen LogP contribution is -2.14. The Hall–Kier alpha value is -1.35. The third-order valence-corrected chi connectivity index (χ3v) is 4.29. The van der Waals surface area contributed by atoms with E-state index in [4.69, 9.17) is 0 Å². The summed E-state index contributed by atoms with van der Waals surface area (Å²) in [6, 6.07) is 11.9. The smallest absolute Gasteiger partial charge is 0.311 e. The fourth-order valence-corrected chi connectivity index (χ4v) is 3.05. The highest BCUT2D eigenvalue weighted by Crippen LogP contribution is 2.45. The van der Waals surface area contributed by atoms with Gasteiger partial charge in [-0.1, -0.05) is 46.3 Å². The molecule has 2 aromatic rings. The van der Waals surface area contributed by atoms with E-state index in [2.05, 4.69) is 15.9 Å². The van der Waals surface area contributed by atoms with Gasteiger partial charge in [-0.25, -0.2) is 0 Å². The van der Waals surface area contributed by atoms with E-state index in [0.29, 0.717) is 5.92 Å². The van der Waals surface area contributed by atoms with Crippen molar-refractivity contribution in [3.8, 4) is 0 Å². The molecule has 0 aromatic heterocycles. The van der Waals surface area contributed by atoms with Gasteiger partial charge >= 0.3 is 5.97 Å². The monoisotopic (exact) mass is 304 g/mol. The molecule has 0 radical (unpaired) electrons. The number of halogens is 1. The first-order valence-electron chi connectivity index (χ1n) is 6.08. The van der Waals surface area contributed by atoms with Crippen LogP contribution in [0.25, 0.3) is 10.8 Å². The quantitative estimate of drug-likeness (QED) is 0.923. The van der Waals surface area contributed by atoms with Crippen LogP contribution in [0.4, 0.5) is 0 Å². The van der Waals surface area contributed by atoms with E-state index in [1.807, 2.05) is 36.4 Å². The zero-order chi connectivity index (χ0) is 12.7. The van der Waals surface area contributed by atoms with Crippen molar-refractivity contribution >= 4 is 32.7 Å². The van der Waals surface area contributed by atoms with E-state index < -0.39 is 5.97 Å². The van der Waals surface area contributed by atoms with E-state index in [1.54, 1.807) is 0 Å². The summed E-state index contributed by atoms with van der Waals surface area (Å²) in [5.74, 6) is -0.750. The number of hydrogen-bond acceptors (Lipinski definition) is 1. The predicted molar refractivity (Wildman–Crippen MR) is 74.7 cm³/mol. The molecule has 92 valence electrons. The maximum absolute atomic E-state index is 11.5. The van der Waals surface area contributed by atoms with Crippen molar-refractivity contribution in [3.63, 3.8) is 0 Å². The summed E-state index contributed by atoms with van der Waals surface area (Å²) in [6.45, 7) is 0. The molecule has 2 nitrogen and oxygen atoms in total. The van der Waals surface area contributed by atoms with Crippen LogP contribution in [0.2, 0.25) is 0 Å². The van der Waals surface area contributed by atoms with Gasteiger partial charge in [-0.2, -0.15) is 0 Å². The average Bonchev–Trinajstić information content (AvgIpc) is 3.17. The number of rotatable bonds is 3. The number of carboxylic acid groups (broad SMARTS) is 1. The molecule has 3 rings (SSSR count). The summed E-state index contributed by atoms with van der Waals surface area (Å²) in [5, 5.41) is 11.6. The van der Waals surface area contributed by atoms with E-state index in [0.717, 1.165) is 33.7 Å². The van der Waals surface area contributed by atoms with Crippen LogP contribution in [0.3, 0.4) is 0 Å². The second kappa shape index (κ2) is 4.39. The van der Waals surface area contributed by atoms with Crippen molar-refractivity contribution < 1.29 is 9.90 Å². The molecule has 18 heavy (non-hydrogen) atoms. The molecule has 0 saturated heterocycles. The molecule has 2 aromatic carbocycles. The Bertz CT molecular complexity index is 617. The first-order chi connectivity index (χ1) is 8.68. The van der Waals surface area contributed by atoms with Crippen LogP contribution in [0.5, 0.6) is 0 Å². The fourth-order valence-electron chi connectivity index (χ4n) is 2.57. The molecule has 1 aliphatic carbocycles. The lowest BCUT2D eigenvalue weighted by Gasteiger charge is -2.15. The predicted octanol–water partition coefficient (Wildman–Crippen LogP) is 4.18. The summed E-state index contributed by atoms with van der Waals surface area (Å²) in [7, 11) is 0. The highest BCUT2D eigenvalue weighted by molar-refractivity contribution is 9.10. The molecule has 0 amide bonds. The topological polar surface area (TPSA) is 37.3 Å². The van der Waals surface area contributed by atoms with Crippen molar-refractivity contribution in [1.29, 1.82) is 0 Å². The Morgan fingerprint density at radius 1 is 1.17 bits per heavy atom. The minimum Gasteiger partial charge on any atom is -0.481 e. The summed E-state index contributed by atoms with van der Waals surface area (Å²) in [6.07, 6.45) is 2.06. The summed E-state index contributed by atoms with van der Waals surface area (Å²) >= 11 is 3.52. The first kappa shape index (κ1) is 11.7. The van der Waals surface area contributed by atoms with Crippen LogP contribution in [0.15, 0.2) is 40.9 Å². The molecular weight excluding hydrogens is 292 g/mol. The average molecular weight is 305 g/mol. The van der Waals surface area contributed by atoms with Crippen LogP contribution < -0.4 is 0 Å². The summed E-state index contributed by atoms with van der Waals surface area (Å²) in [5.41, 5.74) is 0.948.